The normalized spacial score (nSPS) is 21.5. The molecule has 3 heterocycles. The highest BCUT2D eigenvalue weighted by Gasteiger charge is 2.33. The monoisotopic (exact) mass is 402 g/mol. The van der Waals surface area contributed by atoms with Gasteiger partial charge in [-0.1, -0.05) is 0 Å². The lowest BCUT2D eigenvalue weighted by molar-refractivity contribution is -0.155. The Morgan fingerprint density at radius 3 is 2.69 bits per heavy atom. The topological polar surface area (TPSA) is 59.8 Å². The van der Waals surface area contributed by atoms with E-state index in [0.29, 0.717) is 18.9 Å². The first-order chi connectivity index (χ1) is 14.2. The van der Waals surface area contributed by atoms with Gasteiger partial charge in [-0.3, -0.25) is 9.48 Å². The average molecular weight is 402 g/mol. The van der Waals surface area contributed by atoms with Crippen LogP contribution in [0.2, 0.25) is 0 Å². The van der Waals surface area contributed by atoms with Gasteiger partial charge in [-0.05, 0) is 43.2 Å². The Morgan fingerprint density at radius 2 is 1.97 bits per heavy atom. The molecule has 0 radical (unpaired) electrons. The molecular weight excluding hydrogens is 375 g/mol. The van der Waals surface area contributed by atoms with Crippen molar-refractivity contribution in [1.82, 2.24) is 19.6 Å². The Kier molecular flexibility index (Phi) is 6.41. The molecule has 1 amide bonds. The van der Waals surface area contributed by atoms with Crippen molar-refractivity contribution in [3.63, 3.8) is 0 Å². The molecule has 2 aliphatic rings. The molecule has 0 spiro atoms. The Bertz CT molecular complexity index is 776. The summed E-state index contributed by atoms with van der Waals surface area (Å²) >= 11 is 0. The van der Waals surface area contributed by atoms with Gasteiger partial charge in [0.25, 0.3) is 0 Å². The maximum atomic E-state index is 13.0. The van der Waals surface area contributed by atoms with Gasteiger partial charge >= 0.3 is 0 Å². The molecule has 1 atom stereocenters. The summed E-state index contributed by atoms with van der Waals surface area (Å²) in [6.07, 6.45) is 5.54. The van der Waals surface area contributed by atoms with Gasteiger partial charge in [0, 0.05) is 38.1 Å². The van der Waals surface area contributed by atoms with Crippen LogP contribution in [0.4, 0.5) is 4.39 Å². The van der Waals surface area contributed by atoms with E-state index in [2.05, 4.69) is 10.00 Å². The van der Waals surface area contributed by atoms with E-state index in [1.54, 1.807) is 18.3 Å². The van der Waals surface area contributed by atoms with Crippen molar-refractivity contribution in [2.45, 2.75) is 31.5 Å². The minimum absolute atomic E-state index is 0.0537. The van der Waals surface area contributed by atoms with Gasteiger partial charge in [-0.15, -0.1) is 0 Å². The van der Waals surface area contributed by atoms with E-state index in [4.69, 9.17) is 9.47 Å². The zero-order valence-electron chi connectivity index (χ0n) is 16.5. The maximum Gasteiger partial charge on any atom is 0.248 e. The molecule has 0 bridgehead atoms. The number of piperidine rings is 1. The first-order valence-corrected chi connectivity index (χ1v) is 10.2. The smallest absolute Gasteiger partial charge is 0.248 e. The fourth-order valence-corrected chi connectivity index (χ4v) is 3.95. The summed E-state index contributed by atoms with van der Waals surface area (Å²) in [7, 11) is 0. The van der Waals surface area contributed by atoms with Gasteiger partial charge < -0.3 is 19.3 Å². The first-order valence-electron chi connectivity index (χ1n) is 10.2. The quantitative estimate of drug-likeness (QED) is 0.707. The fraction of sp³-hybridized carbons (Fsp3) is 0.524. The van der Waals surface area contributed by atoms with Crippen LogP contribution in [-0.2, 0) is 16.1 Å². The Balaban J connectivity index is 1.23. The third-order valence-electron chi connectivity index (χ3n) is 5.62. The van der Waals surface area contributed by atoms with E-state index >= 15 is 0 Å². The largest absolute Gasteiger partial charge is 0.491 e. The standard InChI is InChI=1S/C21H27FN4O3/c22-17-2-4-19(5-3-17)28-15-20-14-26(21(27)16-29-20)18-6-10-24(11-7-18)12-13-25-9-1-8-23-25/h1-5,8-9,18,20H,6-7,10-16H2/t20-/m0/s1. The Labute approximate surface area is 170 Å². The predicted molar refractivity (Wildman–Crippen MR) is 105 cm³/mol. The molecule has 29 heavy (non-hydrogen) atoms. The maximum absolute atomic E-state index is 13.0. The number of carbonyl (C=O) groups is 1. The summed E-state index contributed by atoms with van der Waals surface area (Å²) in [4.78, 5) is 16.8. The highest BCUT2D eigenvalue weighted by Crippen LogP contribution is 2.21. The van der Waals surface area contributed by atoms with E-state index in [0.717, 1.165) is 39.0 Å². The molecule has 0 unspecified atom stereocenters. The van der Waals surface area contributed by atoms with Crippen LogP contribution in [0, 0.1) is 5.82 Å². The van der Waals surface area contributed by atoms with Gasteiger partial charge in [0.1, 0.15) is 30.9 Å². The Hall–Kier alpha value is -2.45. The number of aromatic nitrogens is 2. The number of ether oxygens (including phenoxy) is 2. The van der Waals surface area contributed by atoms with Crippen LogP contribution >= 0.6 is 0 Å². The molecule has 7 nitrogen and oxygen atoms in total. The third-order valence-corrected chi connectivity index (χ3v) is 5.62. The average Bonchev–Trinajstić information content (AvgIpc) is 3.27. The second kappa shape index (κ2) is 9.37. The number of nitrogens with zero attached hydrogens (tertiary/aromatic N) is 4. The van der Waals surface area contributed by atoms with E-state index in [1.165, 1.54) is 12.1 Å². The number of benzene rings is 1. The lowest BCUT2D eigenvalue weighted by Gasteiger charge is -2.42. The van der Waals surface area contributed by atoms with Crippen molar-refractivity contribution in [3.8, 4) is 5.75 Å². The number of rotatable bonds is 7. The zero-order valence-corrected chi connectivity index (χ0v) is 16.5. The van der Waals surface area contributed by atoms with Crippen LogP contribution in [0.5, 0.6) is 5.75 Å². The number of amides is 1. The van der Waals surface area contributed by atoms with Crippen LogP contribution < -0.4 is 4.74 Å². The van der Waals surface area contributed by atoms with E-state index < -0.39 is 0 Å². The summed E-state index contributed by atoms with van der Waals surface area (Å²) in [5.74, 6) is 0.362. The molecule has 2 aromatic rings. The van der Waals surface area contributed by atoms with Crippen molar-refractivity contribution in [2.75, 3.05) is 39.4 Å². The van der Waals surface area contributed by atoms with Gasteiger partial charge in [0.05, 0.1) is 13.1 Å². The fourth-order valence-electron chi connectivity index (χ4n) is 3.95. The van der Waals surface area contributed by atoms with Gasteiger partial charge in [0.15, 0.2) is 0 Å². The molecule has 0 N–H and O–H groups in total. The van der Waals surface area contributed by atoms with E-state index in [9.17, 15) is 9.18 Å². The molecule has 156 valence electrons. The molecule has 2 aliphatic heterocycles. The summed E-state index contributed by atoms with van der Waals surface area (Å²) in [5.41, 5.74) is 0. The second-order valence-electron chi connectivity index (χ2n) is 7.59. The molecule has 4 rings (SSSR count). The van der Waals surface area contributed by atoms with Crippen LogP contribution in [0.15, 0.2) is 42.7 Å². The first kappa shape index (κ1) is 19.8. The number of hydrogen-bond donors (Lipinski definition) is 0. The number of carbonyl (C=O) groups excluding carboxylic acids is 1. The van der Waals surface area contributed by atoms with Crippen molar-refractivity contribution < 1.29 is 18.7 Å². The number of morpholine rings is 1. The zero-order chi connectivity index (χ0) is 20.1. The minimum Gasteiger partial charge on any atom is -0.491 e. The molecule has 2 fully saturated rings. The SMILES string of the molecule is O=C1CO[C@H](COc2ccc(F)cc2)CN1C1CCN(CCn2cccn2)CC1. The summed E-state index contributed by atoms with van der Waals surface area (Å²) < 4.78 is 26.3. The lowest BCUT2D eigenvalue weighted by Crippen LogP contribution is -2.55. The highest BCUT2D eigenvalue weighted by molar-refractivity contribution is 5.78. The van der Waals surface area contributed by atoms with E-state index in [-0.39, 0.29) is 30.5 Å². The van der Waals surface area contributed by atoms with Crippen LogP contribution in [-0.4, -0.2) is 77.0 Å². The summed E-state index contributed by atoms with van der Waals surface area (Å²) in [6, 6.07) is 8.12. The van der Waals surface area contributed by atoms with Gasteiger partial charge in [0.2, 0.25) is 5.91 Å². The number of likely N-dealkylation sites (tertiary alicyclic amines) is 1. The molecule has 0 saturated carbocycles. The van der Waals surface area contributed by atoms with Gasteiger partial charge in [-0.25, -0.2) is 4.39 Å². The third kappa shape index (κ3) is 5.33. The van der Waals surface area contributed by atoms with Crippen LogP contribution in [0.1, 0.15) is 12.8 Å². The van der Waals surface area contributed by atoms with Crippen LogP contribution in [0.25, 0.3) is 0 Å². The van der Waals surface area contributed by atoms with Gasteiger partial charge in [-0.2, -0.15) is 5.10 Å². The number of halogens is 1. The summed E-state index contributed by atoms with van der Waals surface area (Å²) in [5, 5.41) is 4.24. The molecule has 8 heteroatoms. The molecular formula is C21H27FN4O3. The lowest BCUT2D eigenvalue weighted by atomic mass is 10.0. The summed E-state index contributed by atoms with van der Waals surface area (Å²) in [6.45, 7) is 4.80. The second-order valence-corrected chi connectivity index (χ2v) is 7.59. The van der Waals surface area contributed by atoms with E-state index in [1.807, 2.05) is 21.8 Å². The van der Waals surface area contributed by atoms with Crippen molar-refractivity contribution in [3.05, 3.63) is 48.5 Å². The molecule has 2 saturated heterocycles. The highest BCUT2D eigenvalue weighted by atomic mass is 19.1. The molecule has 1 aromatic heterocycles. The van der Waals surface area contributed by atoms with Crippen molar-refractivity contribution in [1.29, 1.82) is 0 Å². The van der Waals surface area contributed by atoms with Crippen molar-refractivity contribution in [2.24, 2.45) is 0 Å². The number of hydrogen-bond acceptors (Lipinski definition) is 5. The Morgan fingerprint density at radius 1 is 1.17 bits per heavy atom. The van der Waals surface area contributed by atoms with Crippen molar-refractivity contribution >= 4 is 5.91 Å². The molecule has 0 aliphatic carbocycles. The predicted octanol–water partition coefficient (Wildman–Crippen LogP) is 1.79. The van der Waals surface area contributed by atoms with Crippen LogP contribution in [0.3, 0.4) is 0 Å². The molecule has 1 aromatic carbocycles. The minimum atomic E-state index is -0.293.